The lowest BCUT2D eigenvalue weighted by Crippen LogP contribution is -2.20. The molecule has 1 aromatic carbocycles. The average molecular weight is 366 g/mol. The summed E-state index contributed by atoms with van der Waals surface area (Å²) in [6.07, 6.45) is 2.50. The summed E-state index contributed by atoms with van der Waals surface area (Å²) in [5.41, 5.74) is 0.627. The first-order chi connectivity index (χ1) is 7.97. The Kier molecular flexibility index (Phi) is 3.80. The summed E-state index contributed by atoms with van der Waals surface area (Å²) in [6.45, 7) is 1.93. The SMILES string of the molecule is Cc1ccc(S(=O)(=O)OC2(CCI)CC2)cc1. The number of hydrogen-bond donors (Lipinski definition) is 0. The maximum atomic E-state index is 12.0. The first kappa shape index (κ1) is 13.3. The maximum absolute atomic E-state index is 12.0. The lowest BCUT2D eigenvalue weighted by Gasteiger charge is -2.14. The largest absolute Gasteiger partial charge is 0.297 e. The molecule has 5 heteroatoms. The molecular formula is C12H15IO3S. The predicted octanol–water partition coefficient (Wildman–Crippen LogP) is 3.06. The van der Waals surface area contributed by atoms with E-state index in [0.717, 1.165) is 29.3 Å². The number of halogens is 1. The van der Waals surface area contributed by atoms with Gasteiger partial charge in [-0.15, -0.1) is 0 Å². The van der Waals surface area contributed by atoms with Gasteiger partial charge in [0.1, 0.15) is 0 Å². The van der Waals surface area contributed by atoms with Gasteiger partial charge in [0, 0.05) is 4.43 Å². The minimum Gasteiger partial charge on any atom is -0.260 e. The van der Waals surface area contributed by atoms with Crippen molar-refractivity contribution in [2.45, 2.75) is 36.7 Å². The Morgan fingerprint density at radius 1 is 1.29 bits per heavy atom. The number of alkyl halides is 1. The smallest absolute Gasteiger partial charge is 0.260 e. The summed E-state index contributed by atoms with van der Waals surface area (Å²) >= 11 is 2.25. The molecule has 17 heavy (non-hydrogen) atoms. The van der Waals surface area contributed by atoms with Crippen LogP contribution in [0.1, 0.15) is 24.8 Å². The van der Waals surface area contributed by atoms with Crippen molar-refractivity contribution in [2.24, 2.45) is 0 Å². The maximum Gasteiger partial charge on any atom is 0.297 e. The third-order valence-corrected chi connectivity index (χ3v) is 4.92. The zero-order valence-corrected chi connectivity index (χ0v) is 12.6. The highest BCUT2D eigenvalue weighted by atomic mass is 127. The quantitative estimate of drug-likeness (QED) is 0.457. The molecule has 0 spiro atoms. The lowest BCUT2D eigenvalue weighted by molar-refractivity contribution is 0.185. The monoisotopic (exact) mass is 366 g/mol. The summed E-state index contributed by atoms with van der Waals surface area (Å²) in [5.74, 6) is 0. The first-order valence-electron chi connectivity index (χ1n) is 5.56. The van der Waals surface area contributed by atoms with E-state index in [1.165, 1.54) is 0 Å². The molecule has 0 amide bonds. The Morgan fingerprint density at radius 2 is 1.88 bits per heavy atom. The Morgan fingerprint density at radius 3 is 2.35 bits per heavy atom. The van der Waals surface area contributed by atoms with Gasteiger partial charge < -0.3 is 0 Å². The highest BCUT2D eigenvalue weighted by molar-refractivity contribution is 14.1. The van der Waals surface area contributed by atoms with Crippen molar-refractivity contribution < 1.29 is 12.6 Å². The second-order valence-electron chi connectivity index (χ2n) is 4.47. The van der Waals surface area contributed by atoms with Crippen LogP contribution in [0.4, 0.5) is 0 Å². The van der Waals surface area contributed by atoms with Crippen LogP contribution in [-0.4, -0.2) is 18.4 Å². The Hall–Kier alpha value is -0.140. The predicted molar refractivity (Wildman–Crippen MR) is 74.9 cm³/mol. The van der Waals surface area contributed by atoms with E-state index < -0.39 is 15.7 Å². The van der Waals surface area contributed by atoms with Crippen LogP contribution >= 0.6 is 22.6 Å². The van der Waals surface area contributed by atoms with Gasteiger partial charge in [-0.25, -0.2) is 0 Å². The van der Waals surface area contributed by atoms with Gasteiger partial charge in [-0.2, -0.15) is 8.42 Å². The van der Waals surface area contributed by atoms with Gasteiger partial charge in [0.2, 0.25) is 0 Å². The van der Waals surface area contributed by atoms with Crippen LogP contribution < -0.4 is 0 Å². The summed E-state index contributed by atoms with van der Waals surface area (Å²) < 4.78 is 30.4. The van der Waals surface area contributed by atoms with Crippen LogP contribution in [0.25, 0.3) is 0 Å². The summed E-state index contributed by atoms with van der Waals surface area (Å²) in [5, 5.41) is 0. The average Bonchev–Trinajstić information content (AvgIpc) is 2.98. The number of benzene rings is 1. The molecular weight excluding hydrogens is 351 g/mol. The van der Waals surface area contributed by atoms with E-state index in [4.69, 9.17) is 4.18 Å². The summed E-state index contributed by atoms with van der Waals surface area (Å²) in [4.78, 5) is 0.253. The van der Waals surface area contributed by atoms with Gasteiger partial charge in [-0.3, -0.25) is 4.18 Å². The highest BCUT2D eigenvalue weighted by Gasteiger charge is 2.47. The zero-order valence-electron chi connectivity index (χ0n) is 9.65. The molecule has 94 valence electrons. The van der Waals surface area contributed by atoms with Gasteiger partial charge >= 0.3 is 0 Å². The molecule has 1 aromatic rings. The van der Waals surface area contributed by atoms with Crippen LogP contribution in [-0.2, 0) is 14.3 Å². The molecule has 1 aliphatic carbocycles. The molecule has 1 saturated carbocycles. The lowest BCUT2D eigenvalue weighted by atomic mass is 10.2. The van der Waals surface area contributed by atoms with Crippen molar-refractivity contribution in [1.82, 2.24) is 0 Å². The second kappa shape index (κ2) is 4.85. The molecule has 0 aliphatic heterocycles. The molecule has 1 fully saturated rings. The zero-order chi connectivity index (χ0) is 12.5. The normalized spacial score (nSPS) is 18.0. The van der Waals surface area contributed by atoms with E-state index in [2.05, 4.69) is 22.6 Å². The summed E-state index contributed by atoms with van der Waals surface area (Å²) in [7, 11) is -3.60. The van der Waals surface area contributed by atoms with Gasteiger partial charge in [-0.05, 0) is 38.3 Å². The fraction of sp³-hybridized carbons (Fsp3) is 0.500. The third kappa shape index (κ3) is 3.20. The highest BCUT2D eigenvalue weighted by Crippen LogP contribution is 2.45. The van der Waals surface area contributed by atoms with Crippen molar-refractivity contribution in [3.8, 4) is 0 Å². The number of aryl methyl sites for hydroxylation is 1. The van der Waals surface area contributed by atoms with Crippen molar-refractivity contribution >= 4 is 32.7 Å². The summed E-state index contributed by atoms with van der Waals surface area (Å²) in [6, 6.07) is 6.78. The fourth-order valence-corrected chi connectivity index (χ4v) is 3.94. The molecule has 0 bridgehead atoms. The Bertz CT molecular complexity index is 489. The molecule has 0 N–H and O–H groups in total. The van der Waals surface area contributed by atoms with E-state index in [-0.39, 0.29) is 4.90 Å². The minimum atomic E-state index is -3.60. The molecule has 1 aliphatic rings. The Balaban J connectivity index is 2.17. The Labute approximate surface area is 116 Å². The molecule has 0 saturated heterocycles. The molecule has 2 rings (SSSR count). The van der Waals surface area contributed by atoms with Gasteiger partial charge in [0.15, 0.2) is 0 Å². The van der Waals surface area contributed by atoms with E-state index >= 15 is 0 Å². The molecule has 0 aromatic heterocycles. The fourth-order valence-electron chi connectivity index (χ4n) is 1.67. The van der Waals surface area contributed by atoms with Gasteiger partial charge in [-0.1, -0.05) is 40.3 Å². The van der Waals surface area contributed by atoms with Crippen LogP contribution in [0.3, 0.4) is 0 Å². The van der Waals surface area contributed by atoms with Crippen LogP contribution in [0.5, 0.6) is 0 Å². The standard InChI is InChI=1S/C12H15IO3S/c1-10-2-4-11(5-3-10)17(14,15)16-12(6-7-12)8-9-13/h2-5H,6-9H2,1H3. The topological polar surface area (TPSA) is 43.4 Å². The van der Waals surface area contributed by atoms with Gasteiger partial charge in [0.05, 0.1) is 10.5 Å². The second-order valence-corrected chi connectivity index (χ2v) is 7.10. The first-order valence-corrected chi connectivity index (χ1v) is 8.49. The van der Waals surface area contributed by atoms with E-state index in [1.807, 2.05) is 6.92 Å². The minimum absolute atomic E-state index is 0.253. The molecule has 0 atom stereocenters. The molecule has 0 unspecified atom stereocenters. The third-order valence-electron chi connectivity index (χ3n) is 2.95. The van der Waals surface area contributed by atoms with E-state index in [1.54, 1.807) is 24.3 Å². The van der Waals surface area contributed by atoms with Crippen molar-refractivity contribution in [3.63, 3.8) is 0 Å². The molecule has 0 radical (unpaired) electrons. The van der Waals surface area contributed by atoms with Crippen LogP contribution in [0.2, 0.25) is 0 Å². The van der Waals surface area contributed by atoms with Crippen LogP contribution in [0, 0.1) is 6.92 Å². The van der Waals surface area contributed by atoms with E-state index in [9.17, 15) is 8.42 Å². The van der Waals surface area contributed by atoms with Gasteiger partial charge in [0.25, 0.3) is 10.1 Å². The molecule has 0 heterocycles. The van der Waals surface area contributed by atoms with Crippen molar-refractivity contribution in [3.05, 3.63) is 29.8 Å². The van der Waals surface area contributed by atoms with E-state index in [0.29, 0.717) is 0 Å². The van der Waals surface area contributed by atoms with Crippen LogP contribution in [0.15, 0.2) is 29.2 Å². The van der Waals surface area contributed by atoms with Crippen molar-refractivity contribution in [1.29, 1.82) is 0 Å². The van der Waals surface area contributed by atoms with Crippen molar-refractivity contribution in [2.75, 3.05) is 4.43 Å². The molecule has 3 nitrogen and oxygen atoms in total. The number of hydrogen-bond acceptors (Lipinski definition) is 3. The number of rotatable bonds is 5.